The summed E-state index contributed by atoms with van der Waals surface area (Å²) >= 11 is 0. The summed E-state index contributed by atoms with van der Waals surface area (Å²) in [6, 6.07) is 7.67. The first-order valence-electron chi connectivity index (χ1n) is 6.54. The fourth-order valence-corrected chi connectivity index (χ4v) is 1.86. The number of ketones is 1. The topological polar surface area (TPSA) is 40.5 Å². The molecule has 0 spiro atoms. The molecule has 0 saturated heterocycles. The average molecular weight is 249 g/mol. The van der Waals surface area contributed by atoms with Crippen LogP contribution in [-0.4, -0.2) is 42.0 Å². The Hall–Kier alpha value is -1.19. The number of nitrogens with zero attached hydrogens (tertiary/aromatic N) is 1. The van der Waals surface area contributed by atoms with Crippen LogP contribution in [0.5, 0.6) is 0 Å². The van der Waals surface area contributed by atoms with E-state index in [1.165, 1.54) is 5.56 Å². The molecule has 1 atom stereocenters. The van der Waals surface area contributed by atoms with E-state index in [9.17, 15) is 4.79 Å². The van der Waals surface area contributed by atoms with E-state index in [4.69, 9.17) is 5.11 Å². The number of hydrogen-bond acceptors (Lipinski definition) is 3. The molecule has 1 aromatic carbocycles. The summed E-state index contributed by atoms with van der Waals surface area (Å²) in [7, 11) is 1.92. The average Bonchev–Trinajstić information content (AvgIpc) is 2.43. The lowest BCUT2D eigenvalue weighted by atomic mass is 10.0. The zero-order valence-corrected chi connectivity index (χ0v) is 11.5. The lowest BCUT2D eigenvalue weighted by molar-refractivity contribution is 0.0861. The number of carbonyl (C=O) groups excluding carboxylic acids is 1. The number of rotatable bonds is 7. The van der Waals surface area contributed by atoms with Crippen LogP contribution in [0, 0.1) is 0 Å². The second kappa shape index (κ2) is 7.29. The number of likely N-dealkylation sites (N-methyl/N-ethyl adjacent to an activating group) is 1. The number of aliphatic hydroxyl groups is 1. The number of hydrogen-bond donors (Lipinski definition) is 1. The summed E-state index contributed by atoms with van der Waals surface area (Å²) in [6.07, 6.45) is 1.68. The molecule has 3 nitrogen and oxygen atoms in total. The van der Waals surface area contributed by atoms with Crippen LogP contribution in [0.1, 0.15) is 36.2 Å². The fourth-order valence-electron chi connectivity index (χ4n) is 1.86. The van der Waals surface area contributed by atoms with Gasteiger partial charge in [-0.1, -0.05) is 31.2 Å². The van der Waals surface area contributed by atoms with Crippen LogP contribution >= 0.6 is 0 Å². The van der Waals surface area contributed by atoms with E-state index >= 15 is 0 Å². The Bertz CT molecular complexity index is 373. The molecule has 1 N–H and O–H groups in total. The van der Waals surface area contributed by atoms with Crippen LogP contribution in [0.2, 0.25) is 0 Å². The first kappa shape index (κ1) is 14.9. The van der Waals surface area contributed by atoms with Gasteiger partial charge in [-0.15, -0.1) is 0 Å². The van der Waals surface area contributed by atoms with Gasteiger partial charge in [-0.25, -0.2) is 0 Å². The number of aliphatic hydroxyl groups excluding tert-OH is 1. The number of carbonyl (C=O) groups is 1. The highest BCUT2D eigenvalue weighted by Gasteiger charge is 2.18. The van der Waals surface area contributed by atoms with Gasteiger partial charge in [0.1, 0.15) is 0 Å². The van der Waals surface area contributed by atoms with Crippen molar-refractivity contribution in [1.82, 2.24) is 4.90 Å². The third-order valence-corrected chi connectivity index (χ3v) is 3.36. The van der Waals surface area contributed by atoms with Gasteiger partial charge < -0.3 is 5.11 Å². The first-order valence-corrected chi connectivity index (χ1v) is 6.54. The number of benzene rings is 1. The van der Waals surface area contributed by atoms with Gasteiger partial charge in [-0.2, -0.15) is 0 Å². The molecule has 3 heteroatoms. The zero-order valence-electron chi connectivity index (χ0n) is 11.5. The second-order valence-corrected chi connectivity index (χ2v) is 4.65. The Morgan fingerprint density at radius 1 is 1.33 bits per heavy atom. The van der Waals surface area contributed by atoms with Crippen LogP contribution in [-0.2, 0) is 6.42 Å². The molecule has 0 aliphatic carbocycles. The SMILES string of the molecule is CCc1ccc(C(=O)C(C)N(C)CCCO)cc1. The molecule has 1 rings (SSSR count). The third kappa shape index (κ3) is 3.93. The Kier molecular flexibility index (Phi) is 6.02. The van der Waals surface area contributed by atoms with Crippen molar-refractivity contribution >= 4 is 5.78 Å². The minimum absolute atomic E-state index is 0.137. The van der Waals surface area contributed by atoms with Crippen molar-refractivity contribution in [3.05, 3.63) is 35.4 Å². The van der Waals surface area contributed by atoms with Crippen molar-refractivity contribution in [3.8, 4) is 0 Å². The van der Waals surface area contributed by atoms with Crippen molar-refractivity contribution in [3.63, 3.8) is 0 Å². The lowest BCUT2D eigenvalue weighted by Crippen LogP contribution is -2.36. The molecular weight excluding hydrogens is 226 g/mol. The van der Waals surface area contributed by atoms with Gasteiger partial charge in [0.05, 0.1) is 6.04 Å². The highest BCUT2D eigenvalue weighted by Crippen LogP contribution is 2.10. The first-order chi connectivity index (χ1) is 8.60. The van der Waals surface area contributed by atoms with Crippen molar-refractivity contribution in [2.24, 2.45) is 0 Å². The fraction of sp³-hybridized carbons (Fsp3) is 0.533. The minimum Gasteiger partial charge on any atom is -0.396 e. The minimum atomic E-state index is -0.149. The van der Waals surface area contributed by atoms with Gasteiger partial charge in [0, 0.05) is 18.7 Å². The summed E-state index contributed by atoms with van der Waals surface area (Å²) in [5, 5.41) is 8.80. The molecule has 0 amide bonds. The molecule has 0 bridgehead atoms. The van der Waals surface area contributed by atoms with Gasteiger partial charge >= 0.3 is 0 Å². The quantitative estimate of drug-likeness (QED) is 0.753. The summed E-state index contributed by atoms with van der Waals surface area (Å²) in [4.78, 5) is 14.2. The smallest absolute Gasteiger partial charge is 0.179 e. The molecule has 0 fully saturated rings. The molecule has 1 unspecified atom stereocenters. The molecular formula is C15H23NO2. The maximum atomic E-state index is 12.2. The van der Waals surface area contributed by atoms with Gasteiger partial charge in [0.15, 0.2) is 5.78 Å². The summed E-state index contributed by atoms with van der Waals surface area (Å²) in [5.74, 6) is 0.137. The molecule has 0 radical (unpaired) electrons. The van der Waals surface area contributed by atoms with Crippen molar-refractivity contribution < 1.29 is 9.90 Å². The Morgan fingerprint density at radius 3 is 2.44 bits per heavy atom. The van der Waals surface area contributed by atoms with Crippen molar-refractivity contribution in [2.45, 2.75) is 32.7 Å². The Morgan fingerprint density at radius 2 is 1.94 bits per heavy atom. The van der Waals surface area contributed by atoms with Gasteiger partial charge in [0.2, 0.25) is 0 Å². The molecule has 0 aromatic heterocycles. The van der Waals surface area contributed by atoms with E-state index in [1.54, 1.807) is 0 Å². The van der Waals surface area contributed by atoms with Crippen molar-refractivity contribution in [2.75, 3.05) is 20.2 Å². The van der Waals surface area contributed by atoms with Crippen LogP contribution in [0.15, 0.2) is 24.3 Å². The maximum absolute atomic E-state index is 12.2. The Labute approximate surface area is 109 Å². The Balaban J connectivity index is 2.67. The van der Waals surface area contributed by atoms with Crippen LogP contribution in [0.4, 0.5) is 0 Å². The monoisotopic (exact) mass is 249 g/mol. The molecule has 0 aliphatic rings. The van der Waals surface area contributed by atoms with Gasteiger partial charge in [0.25, 0.3) is 0 Å². The molecule has 0 saturated carbocycles. The van der Waals surface area contributed by atoms with Crippen molar-refractivity contribution in [1.29, 1.82) is 0 Å². The molecule has 100 valence electrons. The normalized spacial score (nSPS) is 12.7. The molecule has 0 aliphatic heterocycles. The highest BCUT2D eigenvalue weighted by molar-refractivity contribution is 5.99. The molecule has 0 heterocycles. The second-order valence-electron chi connectivity index (χ2n) is 4.65. The zero-order chi connectivity index (χ0) is 13.5. The number of Topliss-reactive ketones (excluding diaryl/α,β-unsaturated/α-hetero) is 1. The van der Waals surface area contributed by atoms with E-state index in [1.807, 2.05) is 43.1 Å². The predicted octanol–water partition coefficient (Wildman–Crippen LogP) is 2.13. The lowest BCUT2D eigenvalue weighted by Gasteiger charge is -2.23. The summed E-state index contributed by atoms with van der Waals surface area (Å²) < 4.78 is 0. The highest BCUT2D eigenvalue weighted by atomic mass is 16.3. The predicted molar refractivity (Wildman–Crippen MR) is 73.9 cm³/mol. The van der Waals surface area contributed by atoms with E-state index in [-0.39, 0.29) is 18.4 Å². The van der Waals surface area contributed by atoms with E-state index in [2.05, 4.69) is 6.92 Å². The van der Waals surface area contributed by atoms with Crippen LogP contribution in [0.3, 0.4) is 0 Å². The maximum Gasteiger partial charge on any atom is 0.179 e. The van der Waals surface area contributed by atoms with Crippen LogP contribution in [0.25, 0.3) is 0 Å². The third-order valence-electron chi connectivity index (χ3n) is 3.36. The van der Waals surface area contributed by atoms with E-state index in [0.29, 0.717) is 6.42 Å². The van der Waals surface area contributed by atoms with Crippen LogP contribution < -0.4 is 0 Å². The van der Waals surface area contributed by atoms with Gasteiger partial charge in [-0.3, -0.25) is 9.69 Å². The summed E-state index contributed by atoms with van der Waals surface area (Å²) in [6.45, 7) is 4.91. The number of aryl methyl sites for hydroxylation is 1. The molecule has 18 heavy (non-hydrogen) atoms. The van der Waals surface area contributed by atoms with Gasteiger partial charge in [-0.05, 0) is 32.4 Å². The van der Waals surface area contributed by atoms with E-state index in [0.717, 1.165) is 18.5 Å². The molecule has 1 aromatic rings. The van der Waals surface area contributed by atoms with E-state index < -0.39 is 0 Å². The standard InChI is InChI=1S/C15H23NO2/c1-4-13-6-8-14(9-7-13)15(18)12(2)16(3)10-5-11-17/h6-9,12,17H,4-5,10-11H2,1-3H3. The summed E-state index contributed by atoms with van der Waals surface area (Å²) in [5.41, 5.74) is 2.00. The largest absolute Gasteiger partial charge is 0.396 e.